The van der Waals surface area contributed by atoms with E-state index >= 15 is 0 Å². The van der Waals surface area contributed by atoms with Crippen LogP contribution in [0.4, 0.5) is 8.78 Å². The first-order chi connectivity index (χ1) is 20.8. The van der Waals surface area contributed by atoms with Crippen molar-refractivity contribution in [2.24, 2.45) is 5.41 Å². The molecule has 3 aromatic rings. The molecule has 2 aliphatic rings. The van der Waals surface area contributed by atoms with Crippen LogP contribution in [0.15, 0.2) is 40.6 Å². The molecule has 2 heterocycles. The minimum atomic E-state index is -1.19. The monoisotopic (exact) mass is 647 g/mol. The van der Waals surface area contributed by atoms with Crippen molar-refractivity contribution in [1.29, 1.82) is 0 Å². The van der Waals surface area contributed by atoms with Crippen LogP contribution in [0.2, 0.25) is 0 Å². The van der Waals surface area contributed by atoms with E-state index in [2.05, 4.69) is 49.4 Å². The van der Waals surface area contributed by atoms with Crippen LogP contribution in [0.3, 0.4) is 0 Å². The summed E-state index contributed by atoms with van der Waals surface area (Å²) in [5, 5.41) is 8.77. The Labute approximate surface area is 267 Å². The quantitative estimate of drug-likeness (QED) is 0.185. The summed E-state index contributed by atoms with van der Waals surface area (Å²) >= 11 is 5.79. The lowest BCUT2D eigenvalue weighted by atomic mass is 9.80. The number of fused-ring (bicyclic) bond motifs is 1. The molecule has 0 atom stereocenters. The molecule has 0 saturated carbocycles. The number of benzene rings is 2. The van der Waals surface area contributed by atoms with E-state index in [-0.39, 0.29) is 25.8 Å². The van der Waals surface area contributed by atoms with Gasteiger partial charge in [-0.25, -0.2) is 13.8 Å². The van der Waals surface area contributed by atoms with Gasteiger partial charge < -0.3 is 24.6 Å². The van der Waals surface area contributed by atoms with Crippen molar-refractivity contribution in [3.8, 4) is 17.0 Å². The van der Waals surface area contributed by atoms with Crippen molar-refractivity contribution in [2.75, 3.05) is 48.5 Å². The third-order valence-corrected chi connectivity index (χ3v) is 9.52. The molecular weight excluding hydrogens is 607 g/mol. The maximum absolute atomic E-state index is 13.7. The van der Waals surface area contributed by atoms with Crippen LogP contribution in [0.5, 0.6) is 5.75 Å². The third kappa shape index (κ3) is 8.15. The van der Waals surface area contributed by atoms with Crippen LogP contribution in [0.25, 0.3) is 11.3 Å². The smallest absolute Gasteiger partial charge is 0.306 e. The van der Waals surface area contributed by atoms with E-state index in [4.69, 9.17) is 9.47 Å². The second kappa shape index (κ2) is 14.4. The molecule has 2 N–H and O–H groups in total. The number of carbonyl (C=O) groups is 2. The number of halogens is 2. The van der Waals surface area contributed by atoms with Crippen LogP contribution >= 0.6 is 24.0 Å². The normalized spacial score (nSPS) is 16.0. The van der Waals surface area contributed by atoms with Gasteiger partial charge in [-0.05, 0) is 54.3 Å². The molecule has 12 heteroatoms. The molecule has 0 bridgehead atoms. The predicted molar refractivity (Wildman–Crippen MR) is 170 cm³/mol. The number of hydrogen-bond donors (Lipinski definition) is 3. The van der Waals surface area contributed by atoms with E-state index in [1.165, 1.54) is 44.4 Å². The van der Waals surface area contributed by atoms with E-state index in [0.717, 1.165) is 33.9 Å². The van der Waals surface area contributed by atoms with Crippen molar-refractivity contribution in [1.82, 2.24) is 15.6 Å². The largest absolute Gasteiger partial charge is 0.496 e. The molecular formula is C32H41F2N4O4S2+. The number of nitrogens with one attached hydrogen (secondary N) is 2. The Morgan fingerprint density at radius 1 is 1.09 bits per heavy atom. The molecule has 1 aliphatic carbocycles. The number of quaternary nitrogens is 1. The first-order valence-electron chi connectivity index (χ1n) is 14.5. The number of aromatic nitrogens is 1. The zero-order valence-corrected chi connectivity index (χ0v) is 27.5. The van der Waals surface area contributed by atoms with Crippen LogP contribution < -0.4 is 15.4 Å². The number of thiol groups is 1. The SMILES string of the molecule is COC(=O)CC1(C(=O)NCc2nc(-c3ccc(OC)c(S)c3)cs2)Cc2cc(F)c(F)cc2C1.C[N+](C)(C)C1CCNCC1. The zero-order chi connectivity index (χ0) is 32.1. The summed E-state index contributed by atoms with van der Waals surface area (Å²) in [6, 6.07) is 8.58. The second-order valence-corrected chi connectivity index (χ2v) is 13.6. The zero-order valence-electron chi connectivity index (χ0n) is 25.8. The lowest BCUT2D eigenvalue weighted by Gasteiger charge is -2.36. The molecule has 44 heavy (non-hydrogen) atoms. The molecule has 1 aliphatic heterocycles. The molecule has 1 aromatic heterocycles. The van der Waals surface area contributed by atoms with Crippen molar-refractivity contribution in [2.45, 2.75) is 49.6 Å². The van der Waals surface area contributed by atoms with E-state index in [1.54, 1.807) is 13.2 Å². The van der Waals surface area contributed by atoms with Gasteiger partial charge in [-0.15, -0.1) is 24.0 Å². The maximum atomic E-state index is 13.7. The van der Waals surface area contributed by atoms with Gasteiger partial charge in [-0.2, -0.15) is 0 Å². The number of hydrogen-bond acceptors (Lipinski definition) is 8. The highest BCUT2D eigenvalue weighted by molar-refractivity contribution is 7.80. The highest BCUT2D eigenvalue weighted by Crippen LogP contribution is 2.41. The van der Waals surface area contributed by atoms with Gasteiger partial charge in [0.1, 0.15) is 10.8 Å². The molecule has 0 radical (unpaired) electrons. The Balaban J connectivity index is 0.000000375. The number of amides is 1. The summed E-state index contributed by atoms with van der Waals surface area (Å²) in [6.45, 7) is 2.57. The summed E-state index contributed by atoms with van der Waals surface area (Å²) in [5.41, 5.74) is 1.42. The highest BCUT2D eigenvalue weighted by atomic mass is 32.1. The van der Waals surface area contributed by atoms with Crippen LogP contribution in [0, 0.1) is 17.0 Å². The summed E-state index contributed by atoms with van der Waals surface area (Å²) in [7, 11) is 9.67. The number of methoxy groups -OCH3 is 2. The van der Waals surface area contributed by atoms with Crippen LogP contribution in [0.1, 0.15) is 35.4 Å². The van der Waals surface area contributed by atoms with E-state index < -0.39 is 28.9 Å². The van der Waals surface area contributed by atoms with Gasteiger partial charge in [0.15, 0.2) is 11.6 Å². The fraction of sp³-hybridized carbons (Fsp3) is 0.469. The Hall–Kier alpha value is -3.06. The van der Waals surface area contributed by atoms with Gasteiger partial charge in [0, 0.05) is 41.8 Å². The molecule has 1 saturated heterocycles. The van der Waals surface area contributed by atoms with Gasteiger partial charge in [0.2, 0.25) is 5.91 Å². The molecule has 2 aromatic carbocycles. The first kappa shape index (κ1) is 33.8. The molecule has 0 unspecified atom stereocenters. The number of esters is 1. The van der Waals surface area contributed by atoms with Gasteiger partial charge in [0.25, 0.3) is 0 Å². The summed E-state index contributed by atoms with van der Waals surface area (Å²) in [6.07, 6.45) is 2.69. The Morgan fingerprint density at radius 2 is 1.73 bits per heavy atom. The molecule has 238 valence electrons. The van der Waals surface area contributed by atoms with E-state index in [9.17, 15) is 18.4 Å². The molecule has 1 amide bonds. The number of thiazole rings is 1. The van der Waals surface area contributed by atoms with E-state index in [1.807, 2.05) is 17.5 Å². The minimum Gasteiger partial charge on any atom is -0.496 e. The van der Waals surface area contributed by atoms with Gasteiger partial charge >= 0.3 is 5.97 Å². The average Bonchev–Trinajstić information content (AvgIpc) is 3.61. The van der Waals surface area contributed by atoms with Crippen molar-refractivity contribution < 1.29 is 32.3 Å². The summed E-state index contributed by atoms with van der Waals surface area (Å²) in [4.78, 5) is 30.6. The summed E-state index contributed by atoms with van der Waals surface area (Å²) < 4.78 is 38.6. The standard InChI is InChI=1S/C24H22F2N2O4S2.C8H19N2/c1-31-19-4-3-13(7-20(19)33)18-12-34-21(28-18)11-27-23(30)24(10-22(29)32-2)8-14-5-16(25)17(26)6-15(14)9-24;1-10(2,3)8-4-6-9-7-5-8/h3-7,12,33H,8-11H2,1-2H3,(H,27,30);8-9H,4-7H2,1-3H3/q;+1. The van der Waals surface area contributed by atoms with Gasteiger partial charge in [-0.3, -0.25) is 9.59 Å². The molecule has 5 rings (SSSR count). The Kier molecular flexibility index (Phi) is 11.0. The topological polar surface area (TPSA) is 89.6 Å². The van der Waals surface area contributed by atoms with Crippen molar-refractivity contribution in [3.63, 3.8) is 0 Å². The number of carbonyl (C=O) groups excluding carboxylic acids is 2. The van der Waals surface area contributed by atoms with Crippen LogP contribution in [-0.2, 0) is 33.7 Å². The number of nitrogens with zero attached hydrogens (tertiary/aromatic N) is 2. The fourth-order valence-corrected chi connectivity index (χ4v) is 6.81. The van der Waals surface area contributed by atoms with Gasteiger partial charge in [0.05, 0.1) is 65.5 Å². The Bertz CT molecular complexity index is 1450. The molecule has 8 nitrogen and oxygen atoms in total. The maximum Gasteiger partial charge on any atom is 0.306 e. The number of piperidine rings is 1. The van der Waals surface area contributed by atoms with Crippen LogP contribution in [-0.4, -0.2) is 75.8 Å². The first-order valence-corrected chi connectivity index (χ1v) is 15.8. The Morgan fingerprint density at radius 3 is 2.25 bits per heavy atom. The summed E-state index contributed by atoms with van der Waals surface area (Å²) in [5.74, 6) is -2.27. The van der Waals surface area contributed by atoms with Gasteiger partial charge in [-0.1, -0.05) is 0 Å². The minimum absolute atomic E-state index is 0.111. The van der Waals surface area contributed by atoms with Crippen molar-refractivity contribution >= 4 is 35.8 Å². The van der Waals surface area contributed by atoms with Crippen molar-refractivity contribution in [3.05, 3.63) is 63.5 Å². The molecule has 0 spiro atoms. The third-order valence-electron chi connectivity index (χ3n) is 8.32. The number of rotatable bonds is 8. The lowest BCUT2D eigenvalue weighted by Crippen LogP contribution is -2.50. The highest BCUT2D eigenvalue weighted by Gasteiger charge is 2.46. The second-order valence-electron chi connectivity index (χ2n) is 12.2. The average molecular weight is 648 g/mol. The van der Waals surface area contributed by atoms with E-state index in [0.29, 0.717) is 26.8 Å². The molecule has 1 fully saturated rings. The number of ether oxygens (including phenoxy) is 2. The predicted octanol–water partition coefficient (Wildman–Crippen LogP) is 4.79. The fourth-order valence-electron chi connectivity index (χ4n) is 5.76. The lowest BCUT2D eigenvalue weighted by molar-refractivity contribution is -0.897.